The minimum atomic E-state index is -0.521. The van der Waals surface area contributed by atoms with Crippen molar-refractivity contribution >= 4 is 27.7 Å². The van der Waals surface area contributed by atoms with Crippen molar-refractivity contribution in [3.8, 4) is 0 Å². The van der Waals surface area contributed by atoms with Crippen molar-refractivity contribution in [2.24, 2.45) is 0 Å². The molecule has 1 N–H and O–H groups in total. The first-order chi connectivity index (χ1) is 6.68. The number of aliphatic hydroxyl groups is 1. The summed E-state index contributed by atoms with van der Waals surface area (Å²) in [7, 11) is 0. The molecular weight excluding hydrogens is 267 g/mol. The minimum Gasteiger partial charge on any atom is -0.388 e. The van der Waals surface area contributed by atoms with Gasteiger partial charge in [-0.15, -0.1) is 0 Å². The van der Waals surface area contributed by atoms with Crippen LogP contribution in [-0.4, -0.2) is 10.9 Å². The maximum atomic E-state index is 13.5. The highest BCUT2D eigenvalue weighted by atomic mass is 79.9. The van der Waals surface area contributed by atoms with Crippen molar-refractivity contribution in [1.82, 2.24) is 0 Å². The van der Waals surface area contributed by atoms with Crippen LogP contribution in [0, 0.1) is 5.82 Å². The van der Waals surface area contributed by atoms with E-state index in [0.717, 1.165) is 11.3 Å². The zero-order valence-corrected chi connectivity index (χ0v) is 9.87. The number of rotatable bonds is 0. The lowest BCUT2D eigenvalue weighted by molar-refractivity contribution is 0.174. The minimum absolute atomic E-state index is 0.220. The van der Waals surface area contributed by atoms with E-state index in [-0.39, 0.29) is 5.82 Å². The molecular formula is C10H10BrFOS. The number of hydrogen-bond donors (Lipinski definition) is 1. The van der Waals surface area contributed by atoms with Crippen LogP contribution in [-0.2, 0) is 5.75 Å². The summed E-state index contributed by atoms with van der Waals surface area (Å²) in [5.74, 6) is 1.32. The normalized spacial score (nSPS) is 21.5. The fourth-order valence-corrected chi connectivity index (χ4v) is 3.09. The molecule has 0 spiro atoms. The lowest BCUT2D eigenvalue weighted by Crippen LogP contribution is -2.01. The van der Waals surface area contributed by atoms with E-state index in [9.17, 15) is 9.50 Å². The Labute approximate surface area is 94.8 Å². The monoisotopic (exact) mass is 276 g/mol. The van der Waals surface area contributed by atoms with Crippen molar-refractivity contribution in [2.45, 2.75) is 18.3 Å². The van der Waals surface area contributed by atoms with Gasteiger partial charge in [-0.25, -0.2) is 4.39 Å². The molecule has 1 aliphatic rings. The third kappa shape index (κ3) is 1.97. The zero-order chi connectivity index (χ0) is 10.1. The summed E-state index contributed by atoms with van der Waals surface area (Å²) in [6.45, 7) is 0. The molecule has 2 rings (SSSR count). The van der Waals surface area contributed by atoms with Crippen molar-refractivity contribution in [3.05, 3.63) is 33.5 Å². The molecule has 0 saturated carbocycles. The number of thioether (sulfide) groups is 1. The Morgan fingerprint density at radius 3 is 3.07 bits per heavy atom. The third-order valence-corrected chi connectivity index (χ3v) is 3.81. The largest absolute Gasteiger partial charge is 0.388 e. The van der Waals surface area contributed by atoms with Crippen LogP contribution in [0.1, 0.15) is 23.7 Å². The summed E-state index contributed by atoms with van der Waals surface area (Å²) in [6.07, 6.45) is 0.181. The maximum absolute atomic E-state index is 13.5. The molecule has 1 aliphatic heterocycles. The SMILES string of the molecule is O[C@@H]1CCSCc2c(F)cc(Br)cc21. The van der Waals surface area contributed by atoms with Gasteiger partial charge in [0.05, 0.1) is 6.10 Å². The molecule has 0 aromatic heterocycles. The summed E-state index contributed by atoms with van der Waals surface area (Å²) >= 11 is 4.90. The molecule has 76 valence electrons. The molecule has 1 aromatic rings. The predicted molar refractivity (Wildman–Crippen MR) is 59.8 cm³/mol. The maximum Gasteiger partial charge on any atom is 0.128 e. The average molecular weight is 277 g/mol. The van der Waals surface area contributed by atoms with Crippen LogP contribution in [0.3, 0.4) is 0 Å². The quantitative estimate of drug-likeness (QED) is 0.785. The third-order valence-electron chi connectivity index (χ3n) is 2.34. The van der Waals surface area contributed by atoms with Crippen LogP contribution >= 0.6 is 27.7 Å². The summed E-state index contributed by atoms with van der Waals surface area (Å²) in [4.78, 5) is 0. The molecule has 1 aromatic carbocycles. The molecule has 1 atom stereocenters. The van der Waals surface area contributed by atoms with E-state index in [1.165, 1.54) is 6.07 Å². The van der Waals surface area contributed by atoms with E-state index in [4.69, 9.17) is 0 Å². The van der Waals surface area contributed by atoms with E-state index in [0.29, 0.717) is 22.2 Å². The van der Waals surface area contributed by atoms with Gasteiger partial charge in [0.2, 0.25) is 0 Å². The summed E-state index contributed by atoms with van der Waals surface area (Å²) in [6, 6.07) is 3.27. The number of fused-ring (bicyclic) bond motifs is 1. The van der Waals surface area contributed by atoms with Crippen molar-refractivity contribution < 1.29 is 9.50 Å². The first-order valence-corrected chi connectivity index (χ1v) is 6.37. The standard InChI is InChI=1S/C10H10BrFOS/c11-6-3-7-8(9(12)4-6)5-14-2-1-10(7)13/h3-4,10,13H,1-2,5H2/t10-/m1/s1. The van der Waals surface area contributed by atoms with Gasteiger partial charge in [0.15, 0.2) is 0 Å². The lowest BCUT2D eigenvalue weighted by atomic mass is 10.0. The molecule has 0 fully saturated rings. The Balaban J connectivity index is 2.53. The van der Waals surface area contributed by atoms with Gasteiger partial charge in [-0.3, -0.25) is 0 Å². The fourth-order valence-electron chi connectivity index (χ4n) is 1.60. The van der Waals surface area contributed by atoms with Gasteiger partial charge in [-0.1, -0.05) is 15.9 Å². The molecule has 0 saturated heterocycles. The van der Waals surface area contributed by atoms with Crippen molar-refractivity contribution in [2.75, 3.05) is 5.75 Å². The topological polar surface area (TPSA) is 20.2 Å². The smallest absolute Gasteiger partial charge is 0.128 e. The first-order valence-electron chi connectivity index (χ1n) is 4.42. The molecule has 4 heteroatoms. The highest BCUT2D eigenvalue weighted by Crippen LogP contribution is 2.33. The van der Waals surface area contributed by atoms with Gasteiger partial charge in [0.25, 0.3) is 0 Å². The van der Waals surface area contributed by atoms with Crippen molar-refractivity contribution in [3.63, 3.8) is 0 Å². The van der Waals surface area contributed by atoms with Gasteiger partial charge in [0.1, 0.15) is 5.82 Å². The molecule has 1 heterocycles. The van der Waals surface area contributed by atoms with Gasteiger partial charge in [-0.05, 0) is 29.9 Å². The van der Waals surface area contributed by atoms with Crippen LogP contribution < -0.4 is 0 Å². The molecule has 1 nitrogen and oxygen atoms in total. The van der Waals surface area contributed by atoms with Crippen LogP contribution in [0.2, 0.25) is 0 Å². The highest BCUT2D eigenvalue weighted by Gasteiger charge is 2.19. The average Bonchev–Trinajstić information content (AvgIpc) is 2.29. The van der Waals surface area contributed by atoms with Crippen LogP contribution in [0.25, 0.3) is 0 Å². The predicted octanol–water partition coefficient (Wildman–Crippen LogP) is 3.26. The molecule has 0 bridgehead atoms. The lowest BCUT2D eigenvalue weighted by Gasteiger charge is -2.12. The van der Waals surface area contributed by atoms with Gasteiger partial charge in [-0.2, -0.15) is 11.8 Å². The number of hydrogen-bond acceptors (Lipinski definition) is 2. The Morgan fingerprint density at radius 2 is 2.29 bits per heavy atom. The fraction of sp³-hybridized carbons (Fsp3) is 0.400. The summed E-state index contributed by atoms with van der Waals surface area (Å²) in [5.41, 5.74) is 1.39. The number of halogens is 2. The van der Waals surface area contributed by atoms with E-state index in [1.54, 1.807) is 11.8 Å². The van der Waals surface area contributed by atoms with Crippen molar-refractivity contribution in [1.29, 1.82) is 0 Å². The van der Waals surface area contributed by atoms with Crippen LogP contribution in [0.5, 0.6) is 0 Å². The first kappa shape index (κ1) is 10.5. The second-order valence-electron chi connectivity index (χ2n) is 3.31. The number of benzene rings is 1. The van der Waals surface area contributed by atoms with E-state index in [1.807, 2.05) is 6.07 Å². The van der Waals surface area contributed by atoms with Gasteiger partial charge < -0.3 is 5.11 Å². The second kappa shape index (κ2) is 4.21. The Kier molecular flexibility index (Phi) is 3.14. The number of aliphatic hydroxyl groups excluding tert-OH is 1. The highest BCUT2D eigenvalue weighted by molar-refractivity contribution is 9.10. The summed E-state index contributed by atoms with van der Waals surface area (Å²) in [5, 5.41) is 9.79. The second-order valence-corrected chi connectivity index (χ2v) is 5.33. The molecule has 0 unspecified atom stereocenters. The summed E-state index contributed by atoms with van der Waals surface area (Å²) < 4.78 is 14.2. The Bertz CT molecular complexity index is 356. The van der Waals surface area contributed by atoms with Gasteiger partial charge >= 0.3 is 0 Å². The van der Waals surface area contributed by atoms with E-state index < -0.39 is 6.10 Å². The van der Waals surface area contributed by atoms with Gasteiger partial charge in [0, 0.05) is 15.8 Å². The van der Waals surface area contributed by atoms with Crippen LogP contribution in [0.4, 0.5) is 4.39 Å². The van der Waals surface area contributed by atoms with E-state index >= 15 is 0 Å². The van der Waals surface area contributed by atoms with Crippen LogP contribution in [0.15, 0.2) is 16.6 Å². The molecule has 0 aliphatic carbocycles. The molecule has 0 radical (unpaired) electrons. The molecule has 0 amide bonds. The Morgan fingerprint density at radius 1 is 1.50 bits per heavy atom. The zero-order valence-electron chi connectivity index (χ0n) is 7.46. The molecule has 14 heavy (non-hydrogen) atoms. The Hall–Kier alpha value is -0.0600. The van der Waals surface area contributed by atoms with E-state index in [2.05, 4.69) is 15.9 Å².